The molecule has 0 heterocycles. The predicted molar refractivity (Wildman–Crippen MR) is 60.6 cm³/mol. The summed E-state index contributed by atoms with van der Waals surface area (Å²) in [5, 5.41) is 15.7. The third-order valence-electron chi connectivity index (χ3n) is 2.08. The van der Waals surface area contributed by atoms with Gasteiger partial charge >= 0.3 is 5.97 Å². The molecule has 1 aromatic rings. The van der Waals surface area contributed by atoms with Gasteiger partial charge in [-0.2, -0.15) is 0 Å². The second-order valence-electron chi connectivity index (χ2n) is 3.52. The van der Waals surface area contributed by atoms with Crippen LogP contribution >= 0.6 is 0 Å². The van der Waals surface area contributed by atoms with Gasteiger partial charge in [0.25, 0.3) is 0 Å². The molecule has 0 unspecified atom stereocenters. The molecule has 1 rings (SSSR count). The zero-order valence-corrected chi connectivity index (χ0v) is 9.23. The summed E-state index contributed by atoms with van der Waals surface area (Å²) in [6, 6.07) is 9.00. The van der Waals surface area contributed by atoms with Crippen LogP contribution < -0.4 is 0 Å². The van der Waals surface area contributed by atoms with E-state index < -0.39 is 30.9 Å². The van der Waals surface area contributed by atoms with Crippen LogP contribution in [-0.4, -0.2) is 29.6 Å². The number of esters is 1. The fourth-order valence-electron chi connectivity index (χ4n) is 1.18. The summed E-state index contributed by atoms with van der Waals surface area (Å²) in [4.78, 5) is 11.3. The van der Waals surface area contributed by atoms with Gasteiger partial charge in [0.2, 0.25) is 0 Å². The van der Waals surface area contributed by atoms with Crippen LogP contribution in [0.1, 0.15) is 12.0 Å². The summed E-state index contributed by atoms with van der Waals surface area (Å²) in [6.45, 7) is -0.646. The van der Waals surface area contributed by atoms with E-state index in [4.69, 9.17) is 15.3 Å². The fourth-order valence-corrected chi connectivity index (χ4v) is 1.18. The van der Waals surface area contributed by atoms with E-state index in [9.17, 15) is 9.18 Å². The van der Waals surface area contributed by atoms with Gasteiger partial charge < -0.3 is 9.84 Å². The van der Waals surface area contributed by atoms with Gasteiger partial charge in [0, 0.05) is 6.42 Å². The maximum Gasteiger partial charge on any atom is 0.352 e. The molecule has 1 aromatic carbocycles. The Hall–Kier alpha value is -1.75. The standard InChI is InChI=1S/C12H14FNO3/c13-10(7-15)6-11(14)12(16)17-8-9-4-2-1-3-5-9/h1-5,10,14-15H,6-8H2/t10-/m1/s1. The van der Waals surface area contributed by atoms with Crippen LogP contribution in [0.4, 0.5) is 4.39 Å². The van der Waals surface area contributed by atoms with Gasteiger partial charge in [0.15, 0.2) is 0 Å². The first kappa shape index (κ1) is 13.3. The van der Waals surface area contributed by atoms with Gasteiger partial charge in [0.1, 0.15) is 18.5 Å². The second kappa shape index (κ2) is 6.75. The smallest absolute Gasteiger partial charge is 0.352 e. The third-order valence-corrected chi connectivity index (χ3v) is 2.08. The molecule has 0 saturated carbocycles. The minimum Gasteiger partial charge on any atom is -0.456 e. The van der Waals surface area contributed by atoms with Gasteiger partial charge in [-0.25, -0.2) is 9.18 Å². The van der Waals surface area contributed by atoms with Gasteiger partial charge in [-0.1, -0.05) is 30.3 Å². The van der Waals surface area contributed by atoms with Crippen LogP contribution in [-0.2, 0) is 16.1 Å². The van der Waals surface area contributed by atoms with Crippen LogP contribution in [0.2, 0.25) is 0 Å². The van der Waals surface area contributed by atoms with E-state index in [0.717, 1.165) is 5.56 Å². The molecule has 0 aliphatic heterocycles. The molecule has 0 aliphatic rings. The first-order valence-electron chi connectivity index (χ1n) is 5.17. The Morgan fingerprint density at radius 1 is 1.41 bits per heavy atom. The molecular formula is C12H14FNO3. The third kappa shape index (κ3) is 4.74. The SMILES string of the molecule is N=C(C[C@@H](F)CO)C(=O)OCc1ccccc1. The maximum absolute atomic E-state index is 12.7. The highest BCUT2D eigenvalue weighted by atomic mass is 19.1. The van der Waals surface area contributed by atoms with Gasteiger partial charge in [0.05, 0.1) is 6.61 Å². The highest BCUT2D eigenvalue weighted by Gasteiger charge is 2.16. The van der Waals surface area contributed by atoms with Crippen molar-refractivity contribution in [2.24, 2.45) is 0 Å². The predicted octanol–water partition coefficient (Wildman–Crippen LogP) is 1.47. The van der Waals surface area contributed by atoms with Crippen LogP contribution in [0.25, 0.3) is 0 Å². The Kier molecular flexibility index (Phi) is 5.29. The average Bonchev–Trinajstić information content (AvgIpc) is 2.36. The van der Waals surface area contributed by atoms with Crippen molar-refractivity contribution < 1.29 is 19.0 Å². The largest absolute Gasteiger partial charge is 0.456 e. The minimum atomic E-state index is -1.59. The van der Waals surface area contributed by atoms with Crippen molar-refractivity contribution in [3.05, 3.63) is 35.9 Å². The fraction of sp³-hybridized carbons (Fsp3) is 0.333. The Morgan fingerprint density at radius 2 is 2.06 bits per heavy atom. The highest BCUT2D eigenvalue weighted by molar-refractivity contribution is 6.35. The molecule has 5 heteroatoms. The molecule has 17 heavy (non-hydrogen) atoms. The van der Waals surface area contributed by atoms with E-state index in [2.05, 4.69) is 0 Å². The van der Waals surface area contributed by atoms with Crippen molar-refractivity contribution in [3.8, 4) is 0 Å². The van der Waals surface area contributed by atoms with E-state index in [1.54, 1.807) is 24.3 Å². The Balaban J connectivity index is 2.37. The Labute approximate surface area is 98.5 Å². The molecule has 92 valence electrons. The lowest BCUT2D eigenvalue weighted by Crippen LogP contribution is -2.22. The summed E-state index contributed by atoms with van der Waals surface area (Å²) >= 11 is 0. The van der Waals surface area contributed by atoms with E-state index >= 15 is 0 Å². The maximum atomic E-state index is 12.7. The lowest BCUT2D eigenvalue weighted by Gasteiger charge is -2.07. The molecule has 0 aliphatic carbocycles. The topological polar surface area (TPSA) is 70.4 Å². The number of hydrogen-bond acceptors (Lipinski definition) is 4. The lowest BCUT2D eigenvalue weighted by molar-refractivity contribution is -0.137. The highest BCUT2D eigenvalue weighted by Crippen LogP contribution is 2.03. The number of ether oxygens (including phenoxy) is 1. The molecule has 0 aromatic heterocycles. The first-order chi connectivity index (χ1) is 8.13. The van der Waals surface area contributed by atoms with Crippen LogP contribution in [0.3, 0.4) is 0 Å². The zero-order valence-electron chi connectivity index (χ0n) is 9.23. The minimum absolute atomic E-state index is 0.0537. The summed E-state index contributed by atoms with van der Waals surface area (Å²) in [5.74, 6) is -0.857. The van der Waals surface area contributed by atoms with E-state index in [1.807, 2.05) is 6.07 Å². The number of aliphatic hydroxyl groups excluding tert-OH is 1. The number of benzene rings is 1. The number of rotatable bonds is 6. The van der Waals surface area contributed by atoms with Gasteiger partial charge in [-0.05, 0) is 5.56 Å². The van der Waals surface area contributed by atoms with E-state index in [1.165, 1.54) is 0 Å². The molecule has 2 N–H and O–H groups in total. The van der Waals surface area contributed by atoms with E-state index in [0.29, 0.717) is 0 Å². The van der Waals surface area contributed by atoms with Crippen LogP contribution in [0.5, 0.6) is 0 Å². The number of carbonyl (C=O) groups excluding carboxylic acids is 1. The lowest BCUT2D eigenvalue weighted by atomic mass is 10.2. The molecular weight excluding hydrogens is 225 g/mol. The van der Waals surface area contributed by atoms with Crippen molar-refractivity contribution in [1.82, 2.24) is 0 Å². The monoisotopic (exact) mass is 239 g/mol. The molecule has 0 spiro atoms. The summed E-state index contributed by atoms with van der Waals surface area (Å²) in [7, 11) is 0. The van der Waals surface area contributed by atoms with Crippen molar-refractivity contribution >= 4 is 11.7 Å². The molecule has 0 fully saturated rings. The molecule has 0 amide bonds. The number of halogens is 1. The number of nitrogens with one attached hydrogen (secondary N) is 1. The van der Waals surface area contributed by atoms with Crippen LogP contribution in [0.15, 0.2) is 30.3 Å². The van der Waals surface area contributed by atoms with Gasteiger partial charge in [-0.15, -0.1) is 0 Å². The average molecular weight is 239 g/mol. The number of alkyl halides is 1. The normalized spacial score (nSPS) is 11.9. The summed E-state index contributed by atoms with van der Waals surface area (Å²) < 4.78 is 17.5. The van der Waals surface area contributed by atoms with E-state index in [-0.39, 0.29) is 6.61 Å². The van der Waals surface area contributed by atoms with Crippen molar-refractivity contribution in [3.63, 3.8) is 0 Å². The van der Waals surface area contributed by atoms with Crippen molar-refractivity contribution in [2.75, 3.05) is 6.61 Å². The number of aliphatic hydroxyl groups is 1. The zero-order chi connectivity index (χ0) is 12.7. The second-order valence-corrected chi connectivity index (χ2v) is 3.52. The summed E-state index contributed by atoms with van der Waals surface area (Å²) in [6.07, 6.45) is -2.02. The first-order valence-corrected chi connectivity index (χ1v) is 5.17. The van der Waals surface area contributed by atoms with Gasteiger partial charge in [-0.3, -0.25) is 5.41 Å². The molecule has 0 radical (unpaired) electrons. The van der Waals surface area contributed by atoms with Crippen molar-refractivity contribution in [1.29, 1.82) is 5.41 Å². The molecule has 0 bridgehead atoms. The summed E-state index contributed by atoms with van der Waals surface area (Å²) in [5.41, 5.74) is 0.329. The van der Waals surface area contributed by atoms with Crippen molar-refractivity contribution in [2.45, 2.75) is 19.2 Å². The Bertz CT molecular complexity index is 381. The van der Waals surface area contributed by atoms with Crippen LogP contribution in [0, 0.1) is 5.41 Å². The molecule has 0 saturated heterocycles. The molecule has 1 atom stereocenters. The molecule has 4 nitrogen and oxygen atoms in total. The number of carbonyl (C=O) groups is 1. The quantitative estimate of drug-likeness (QED) is 0.583. The number of hydrogen-bond donors (Lipinski definition) is 2. The Morgan fingerprint density at radius 3 is 2.65 bits per heavy atom.